The number of Topliss-reactive ketones (excluding diaryl/α,β-unsaturated/α-hetero) is 1. The molecule has 0 radical (unpaired) electrons. The van der Waals surface area contributed by atoms with Crippen LogP contribution in [0.25, 0.3) is 0 Å². The number of benzene rings is 2. The lowest BCUT2D eigenvalue weighted by Crippen LogP contribution is -2.38. The predicted molar refractivity (Wildman–Crippen MR) is 86.6 cm³/mol. The summed E-state index contributed by atoms with van der Waals surface area (Å²) < 4.78 is 5.25. The summed E-state index contributed by atoms with van der Waals surface area (Å²) in [7, 11) is 1.65. The third-order valence-corrected chi connectivity index (χ3v) is 5.56. The van der Waals surface area contributed by atoms with Gasteiger partial charge >= 0.3 is 0 Å². The second-order valence-corrected chi connectivity index (χ2v) is 6.64. The summed E-state index contributed by atoms with van der Waals surface area (Å²) >= 11 is 1.73. The minimum absolute atomic E-state index is 0.202. The Balaban J connectivity index is 2.08. The maximum atomic E-state index is 13.0. The molecule has 0 N–H and O–H groups in total. The van der Waals surface area contributed by atoms with Gasteiger partial charge in [0.15, 0.2) is 5.78 Å². The molecule has 1 aliphatic rings. The summed E-state index contributed by atoms with van der Waals surface area (Å²) in [6, 6.07) is 13.9. The Bertz CT molecular complexity index is 708. The van der Waals surface area contributed by atoms with Gasteiger partial charge in [0.05, 0.1) is 12.5 Å². The summed E-state index contributed by atoms with van der Waals surface area (Å²) in [5, 5.41) is 0. The van der Waals surface area contributed by atoms with Crippen molar-refractivity contribution in [2.45, 2.75) is 24.2 Å². The monoisotopic (exact) mass is 298 g/mol. The number of methoxy groups -OCH3 is 1. The number of carbonyl (C=O) groups is 1. The molecule has 21 heavy (non-hydrogen) atoms. The number of aryl methyl sites for hydroxylation is 1. The summed E-state index contributed by atoms with van der Waals surface area (Å²) in [5.41, 5.74) is 2.64. The molecule has 1 unspecified atom stereocenters. The van der Waals surface area contributed by atoms with E-state index in [0.29, 0.717) is 0 Å². The first-order valence-corrected chi connectivity index (χ1v) is 7.96. The smallest absolute Gasteiger partial charge is 0.175 e. The van der Waals surface area contributed by atoms with Crippen molar-refractivity contribution in [3.8, 4) is 5.75 Å². The zero-order valence-corrected chi connectivity index (χ0v) is 13.3. The molecule has 0 fully saturated rings. The lowest BCUT2D eigenvalue weighted by molar-refractivity contribution is 0.0905. The average Bonchev–Trinajstić information content (AvgIpc) is 2.51. The molecule has 0 bridgehead atoms. The van der Waals surface area contributed by atoms with Gasteiger partial charge in [-0.15, -0.1) is 11.8 Å². The lowest BCUT2D eigenvalue weighted by Gasteiger charge is -2.34. The number of ether oxygens (including phenoxy) is 1. The van der Waals surface area contributed by atoms with E-state index in [4.69, 9.17) is 4.74 Å². The van der Waals surface area contributed by atoms with E-state index < -0.39 is 5.41 Å². The molecule has 1 atom stereocenters. The van der Waals surface area contributed by atoms with Crippen LogP contribution in [0.4, 0.5) is 0 Å². The molecule has 1 heterocycles. The van der Waals surface area contributed by atoms with Crippen LogP contribution in [0.5, 0.6) is 5.75 Å². The largest absolute Gasteiger partial charge is 0.497 e. The van der Waals surface area contributed by atoms with Crippen molar-refractivity contribution in [3.05, 3.63) is 59.2 Å². The van der Waals surface area contributed by atoms with Crippen LogP contribution in [0.1, 0.15) is 28.4 Å². The van der Waals surface area contributed by atoms with Crippen molar-refractivity contribution in [2.75, 3.05) is 12.9 Å². The van der Waals surface area contributed by atoms with Crippen LogP contribution in [0.2, 0.25) is 0 Å². The Hall–Kier alpha value is -1.74. The van der Waals surface area contributed by atoms with Gasteiger partial charge in [-0.25, -0.2) is 0 Å². The highest BCUT2D eigenvalue weighted by Crippen LogP contribution is 2.43. The second-order valence-electron chi connectivity index (χ2n) is 5.63. The predicted octanol–water partition coefficient (Wildman–Crippen LogP) is 4.25. The van der Waals surface area contributed by atoms with E-state index in [1.807, 2.05) is 30.3 Å². The first-order chi connectivity index (χ1) is 10.1. The van der Waals surface area contributed by atoms with Crippen molar-refractivity contribution in [1.29, 1.82) is 0 Å². The third kappa shape index (κ3) is 2.26. The lowest BCUT2D eigenvalue weighted by atomic mass is 9.75. The molecule has 0 saturated heterocycles. The summed E-state index contributed by atoms with van der Waals surface area (Å²) in [6.45, 7) is 4.12. The fraction of sp³-hybridized carbons (Fsp3) is 0.278. The molecule has 2 aromatic carbocycles. The van der Waals surface area contributed by atoms with E-state index in [0.717, 1.165) is 27.5 Å². The fourth-order valence-corrected chi connectivity index (χ4v) is 4.16. The van der Waals surface area contributed by atoms with Gasteiger partial charge in [0.25, 0.3) is 0 Å². The van der Waals surface area contributed by atoms with Crippen molar-refractivity contribution in [3.63, 3.8) is 0 Å². The summed E-state index contributed by atoms with van der Waals surface area (Å²) in [5.74, 6) is 1.76. The van der Waals surface area contributed by atoms with E-state index >= 15 is 0 Å². The quantitative estimate of drug-likeness (QED) is 0.829. The minimum Gasteiger partial charge on any atom is -0.497 e. The van der Waals surface area contributed by atoms with Crippen LogP contribution >= 0.6 is 11.8 Å². The molecule has 108 valence electrons. The fourth-order valence-electron chi connectivity index (χ4n) is 2.91. The first-order valence-electron chi connectivity index (χ1n) is 6.98. The maximum Gasteiger partial charge on any atom is 0.175 e. The van der Waals surface area contributed by atoms with Gasteiger partial charge in [0.2, 0.25) is 0 Å². The zero-order valence-electron chi connectivity index (χ0n) is 12.5. The van der Waals surface area contributed by atoms with Gasteiger partial charge in [0.1, 0.15) is 5.75 Å². The molecule has 2 nitrogen and oxygen atoms in total. The van der Waals surface area contributed by atoms with Gasteiger partial charge in [-0.1, -0.05) is 24.3 Å². The number of hydrogen-bond donors (Lipinski definition) is 0. The normalized spacial score (nSPS) is 21.0. The van der Waals surface area contributed by atoms with E-state index in [1.54, 1.807) is 18.9 Å². The molecule has 0 spiro atoms. The van der Waals surface area contributed by atoms with Crippen molar-refractivity contribution < 1.29 is 9.53 Å². The van der Waals surface area contributed by atoms with Crippen LogP contribution in [0.15, 0.2) is 47.4 Å². The van der Waals surface area contributed by atoms with E-state index in [-0.39, 0.29) is 5.78 Å². The molecule has 0 amide bonds. The highest BCUT2D eigenvalue weighted by molar-refractivity contribution is 7.99. The van der Waals surface area contributed by atoms with Crippen molar-refractivity contribution in [2.24, 2.45) is 0 Å². The maximum absolute atomic E-state index is 13.0. The van der Waals surface area contributed by atoms with Gasteiger partial charge in [-0.2, -0.15) is 0 Å². The number of carbonyl (C=O) groups excluding carboxylic acids is 1. The van der Waals surface area contributed by atoms with Gasteiger partial charge in [-0.3, -0.25) is 4.79 Å². The van der Waals surface area contributed by atoms with E-state index in [9.17, 15) is 4.79 Å². The van der Waals surface area contributed by atoms with Gasteiger partial charge < -0.3 is 4.74 Å². The van der Waals surface area contributed by atoms with Crippen LogP contribution in [-0.2, 0) is 5.41 Å². The Morgan fingerprint density at radius 1 is 1.19 bits per heavy atom. The molecule has 0 aliphatic carbocycles. The number of hydrogen-bond acceptors (Lipinski definition) is 3. The Morgan fingerprint density at radius 3 is 2.67 bits per heavy atom. The summed E-state index contributed by atoms with van der Waals surface area (Å²) in [6.07, 6.45) is 0. The average molecular weight is 298 g/mol. The number of thioether (sulfide) groups is 1. The van der Waals surface area contributed by atoms with Crippen LogP contribution in [0, 0.1) is 6.92 Å². The minimum atomic E-state index is -0.461. The summed E-state index contributed by atoms with van der Waals surface area (Å²) in [4.78, 5) is 14.1. The standard InChI is InChI=1S/C18H18O2S/c1-12-6-4-5-7-15(12)18(2)11-21-16-10-13(20-3)8-9-14(16)17(18)19/h4-10H,11H2,1-3H3. The molecule has 0 saturated carbocycles. The Labute approximate surface area is 129 Å². The van der Waals surface area contributed by atoms with Crippen LogP contribution in [0.3, 0.4) is 0 Å². The molecule has 0 aromatic heterocycles. The van der Waals surface area contributed by atoms with Crippen LogP contribution < -0.4 is 4.74 Å². The molecular formula is C18H18O2S. The van der Waals surface area contributed by atoms with Gasteiger partial charge in [-0.05, 0) is 43.2 Å². The number of ketones is 1. The Kier molecular flexibility index (Phi) is 3.54. The SMILES string of the molecule is COc1ccc2c(c1)SCC(C)(c1ccccc1C)C2=O. The topological polar surface area (TPSA) is 26.3 Å². The van der Waals surface area contributed by atoms with E-state index in [2.05, 4.69) is 26.0 Å². The second kappa shape index (κ2) is 5.23. The van der Waals surface area contributed by atoms with Crippen molar-refractivity contribution in [1.82, 2.24) is 0 Å². The first kappa shape index (κ1) is 14.2. The highest BCUT2D eigenvalue weighted by atomic mass is 32.2. The molecule has 3 rings (SSSR count). The molecule has 1 aliphatic heterocycles. The number of rotatable bonds is 2. The van der Waals surface area contributed by atoms with Crippen molar-refractivity contribution >= 4 is 17.5 Å². The van der Waals surface area contributed by atoms with E-state index in [1.165, 1.54) is 5.56 Å². The van der Waals surface area contributed by atoms with Crippen LogP contribution in [-0.4, -0.2) is 18.6 Å². The molecule has 3 heteroatoms. The van der Waals surface area contributed by atoms with Gasteiger partial charge in [0, 0.05) is 16.2 Å². The molecule has 2 aromatic rings. The Morgan fingerprint density at radius 2 is 1.95 bits per heavy atom. The number of fused-ring (bicyclic) bond motifs is 1. The highest BCUT2D eigenvalue weighted by Gasteiger charge is 2.41. The molecular weight excluding hydrogens is 280 g/mol. The zero-order chi connectivity index (χ0) is 15.0. The third-order valence-electron chi connectivity index (χ3n) is 4.19.